The van der Waals surface area contributed by atoms with E-state index >= 15 is 0 Å². The van der Waals surface area contributed by atoms with Crippen LogP contribution in [0.1, 0.15) is 16.8 Å². The Morgan fingerprint density at radius 3 is 2.50 bits per heavy atom. The molecule has 0 aliphatic rings. The minimum atomic E-state index is -3.60. The molecular weight excluding hydrogens is 418 g/mol. The van der Waals surface area contributed by atoms with Crippen molar-refractivity contribution in [1.29, 1.82) is 0 Å². The highest BCUT2D eigenvalue weighted by atomic mass is 79.9. The number of halogens is 1. The van der Waals surface area contributed by atoms with Crippen molar-refractivity contribution in [2.45, 2.75) is 11.3 Å². The van der Waals surface area contributed by atoms with E-state index in [2.05, 4.69) is 30.9 Å². The number of nitrogens with one attached hydrogen (secondary N) is 2. The number of sulfonamides is 1. The summed E-state index contributed by atoms with van der Waals surface area (Å²) in [5, 5.41) is 2.83. The van der Waals surface area contributed by atoms with Crippen molar-refractivity contribution in [3.8, 4) is 0 Å². The average Bonchev–Trinajstić information content (AvgIpc) is 2.65. The second-order valence-electron chi connectivity index (χ2n) is 5.72. The van der Waals surface area contributed by atoms with Crippen LogP contribution in [-0.4, -0.2) is 41.5 Å². The normalized spacial score (nSPS) is 11.2. The van der Waals surface area contributed by atoms with Crippen LogP contribution in [0.15, 0.2) is 57.9 Å². The number of anilines is 1. The summed E-state index contributed by atoms with van der Waals surface area (Å²) in [6.07, 6.45) is 0.767. The van der Waals surface area contributed by atoms with Gasteiger partial charge in [-0.05, 0) is 59.7 Å². The maximum atomic E-state index is 12.4. The molecule has 0 fully saturated rings. The molecule has 2 aromatic carbocycles. The van der Waals surface area contributed by atoms with Gasteiger partial charge in [0.2, 0.25) is 10.0 Å². The van der Waals surface area contributed by atoms with Crippen molar-refractivity contribution < 1.29 is 13.2 Å². The fraction of sp³-hybridized carbons (Fsp3) is 0.278. The van der Waals surface area contributed by atoms with E-state index in [-0.39, 0.29) is 16.4 Å². The Morgan fingerprint density at radius 1 is 1.15 bits per heavy atom. The number of hydrogen-bond acceptors (Lipinski definition) is 4. The van der Waals surface area contributed by atoms with E-state index in [1.807, 2.05) is 37.4 Å². The molecule has 0 unspecified atom stereocenters. The first kappa shape index (κ1) is 20.4. The quantitative estimate of drug-likeness (QED) is 0.619. The molecule has 0 atom stereocenters. The molecule has 0 saturated carbocycles. The molecule has 2 N–H and O–H groups in total. The van der Waals surface area contributed by atoms with Crippen molar-refractivity contribution in [3.05, 3.63) is 58.6 Å². The Kier molecular flexibility index (Phi) is 7.19. The molecule has 2 rings (SSSR count). The Bertz CT molecular complexity index is 857. The lowest BCUT2D eigenvalue weighted by Gasteiger charge is -2.19. The van der Waals surface area contributed by atoms with Crippen molar-refractivity contribution in [2.24, 2.45) is 0 Å². The van der Waals surface area contributed by atoms with E-state index < -0.39 is 10.0 Å². The van der Waals surface area contributed by atoms with Gasteiger partial charge >= 0.3 is 0 Å². The Hall–Kier alpha value is -1.90. The zero-order chi connectivity index (χ0) is 19.2. The van der Waals surface area contributed by atoms with Gasteiger partial charge in [-0.25, -0.2) is 13.1 Å². The van der Waals surface area contributed by atoms with Gasteiger partial charge in [-0.2, -0.15) is 0 Å². The van der Waals surface area contributed by atoms with Crippen LogP contribution in [-0.2, 0) is 10.0 Å². The van der Waals surface area contributed by atoms with Gasteiger partial charge in [0.15, 0.2) is 0 Å². The summed E-state index contributed by atoms with van der Waals surface area (Å²) < 4.78 is 26.6. The Labute approximate surface area is 162 Å². The fourth-order valence-corrected chi connectivity index (χ4v) is 3.57. The molecule has 0 radical (unpaired) electrons. The Balaban J connectivity index is 1.93. The number of carbonyl (C=O) groups is 1. The first-order valence-electron chi connectivity index (χ1n) is 8.12. The maximum absolute atomic E-state index is 12.4. The summed E-state index contributed by atoms with van der Waals surface area (Å²) in [5.74, 6) is -0.313. The topological polar surface area (TPSA) is 78.5 Å². The molecule has 8 heteroatoms. The molecule has 0 aliphatic heterocycles. The van der Waals surface area contributed by atoms with Gasteiger partial charge in [0, 0.05) is 30.3 Å². The Morgan fingerprint density at radius 2 is 1.85 bits per heavy atom. The van der Waals surface area contributed by atoms with Crippen LogP contribution in [0.5, 0.6) is 0 Å². The molecule has 0 aromatic heterocycles. The van der Waals surface area contributed by atoms with Crippen LogP contribution in [0.3, 0.4) is 0 Å². The molecule has 6 nitrogen and oxygen atoms in total. The highest BCUT2D eigenvalue weighted by Crippen LogP contribution is 2.21. The second-order valence-corrected chi connectivity index (χ2v) is 8.46. The molecule has 0 heterocycles. The van der Waals surface area contributed by atoms with E-state index in [9.17, 15) is 13.2 Å². The summed E-state index contributed by atoms with van der Waals surface area (Å²) in [7, 11) is -0.262. The van der Waals surface area contributed by atoms with Gasteiger partial charge in [0.1, 0.15) is 0 Å². The standard InChI is InChI=1S/C18H22BrN3O3S/c1-20-26(24,25)15-9-10-17(19)16(13-15)18(23)21-11-6-12-22(2)14-7-4-3-5-8-14/h3-5,7-10,13,20H,6,11-12H2,1-2H3,(H,21,23). The predicted octanol–water partition coefficient (Wildman–Crippen LogP) is 2.61. The molecule has 140 valence electrons. The number of rotatable bonds is 8. The van der Waals surface area contributed by atoms with E-state index in [1.54, 1.807) is 6.07 Å². The monoisotopic (exact) mass is 439 g/mol. The van der Waals surface area contributed by atoms with Gasteiger partial charge < -0.3 is 10.2 Å². The van der Waals surface area contributed by atoms with Crippen LogP contribution >= 0.6 is 15.9 Å². The largest absolute Gasteiger partial charge is 0.375 e. The highest BCUT2D eigenvalue weighted by molar-refractivity contribution is 9.10. The number of carbonyl (C=O) groups excluding carboxylic acids is 1. The zero-order valence-electron chi connectivity index (χ0n) is 14.7. The van der Waals surface area contributed by atoms with Gasteiger partial charge in [0.25, 0.3) is 5.91 Å². The lowest BCUT2D eigenvalue weighted by Crippen LogP contribution is -2.28. The summed E-state index contributed by atoms with van der Waals surface area (Å²) in [4.78, 5) is 14.5. The van der Waals surface area contributed by atoms with Gasteiger partial charge in [-0.15, -0.1) is 0 Å². The SMILES string of the molecule is CNS(=O)(=O)c1ccc(Br)c(C(=O)NCCCN(C)c2ccccc2)c1. The van der Waals surface area contributed by atoms with Crippen LogP contribution in [0.25, 0.3) is 0 Å². The molecule has 0 spiro atoms. The number of nitrogens with zero attached hydrogens (tertiary/aromatic N) is 1. The van der Waals surface area contributed by atoms with E-state index in [0.29, 0.717) is 11.0 Å². The summed E-state index contributed by atoms with van der Waals surface area (Å²) in [6.45, 7) is 1.28. The highest BCUT2D eigenvalue weighted by Gasteiger charge is 2.17. The molecule has 26 heavy (non-hydrogen) atoms. The lowest BCUT2D eigenvalue weighted by atomic mass is 10.2. The molecule has 2 aromatic rings. The van der Waals surface area contributed by atoms with Crippen LogP contribution in [0, 0.1) is 0 Å². The summed E-state index contributed by atoms with van der Waals surface area (Å²) in [6, 6.07) is 14.4. The first-order chi connectivity index (χ1) is 12.3. The molecule has 0 aliphatic carbocycles. The van der Waals surface area contributed by atoms with Gasteiger partial charge in [0.05, 0.1) is 10.5 Å². The number of amides is 1. The van der Waals surface area contributed by atoms with Crippen molar-refractivity contribution in [2.75, 3.05) is 32.1 Å². The van der Waals surface area contributed by atoms with E-state index in [0.717, 1.165) is 18.7 Å². The minimum Gasteiger partial charge on any atom is -0.375 e. The third-order valence-electron chi connectivity index (χ3n) is 3.91. The minimum absolute atomic E-state index is 0.0529. The predicted molar refractivity (Wildman–Crippen MR) is 107 cm³/mol. The van der Waals surface area contributed by atoms with Gasteiger partial charge in [-0.3, -0.25) is 4.79 Å². The van der Waals surface area contributed by atoms with E-state index in [1.165, 1.54) is 19.2 Å². The fourth-order valence-electron chi connectivity index (χ4n) is 2.39. The molecule has 1 amide bonds. The number of benzene rings is 2. The van der Waals surface area contributed by atoms with Crippen LogP contribution in [0.2, 0.25) is 0 Å². The number of para-hydroxylation sites is 1. The zero-order valence-corrected chi connectivity index (χ0v) is 17.1. The third kappa shape index (κ3) is 5.30. The first-order valence-corrected chi connectivity index (χ1v) is 10.4. The summed E-state index contributed by atoms with van der Waals surface area (Å²) in [5.41, 5.74) is 1.41. The van der Waals surface area contributed by atoms with Crippen LogP contribution in [0.4, 0.5) is 5.69 Å². The van der Waals surface area contributed by atoms with Crippen molar-refractivity contribution >= 4 is 37.5 Å². The van der Waals surface area contributed by atoms with E-state index in [4.69, 9.17) is 0 Å². The maximum Gasteiger partial charge on any atom is 0.252 e. The molecular formula is C18H22BrN3O3S. The summed E-state index contributed by atoms with van der Waals surface area (Å²) >= 11 is 3.30. The third-order valence-corrected chi connectivity index (χ3v) is 6.02. The average molecular weight is 440 g/mol. The molecule has 0 bridgehead atoms. The number of hydrogen-bond donors (Lipinski definition) is 2. The smallest absolute Gasteiger partial charge is 0.252 e. The second kappa shape index (κ2) is 9.16. The molecule has 0 saturated heterocycles. The van der Waals surface area contributed by atoms with Gasteiger partial charge in [-0.1, -0.05) is 18.2 Å². The van der Waals surface area contributed by atoms with Crippen molar-refractivity contribution in [3.63, 3.8) is 0 Å². The van der Waals surface area contributed by atoms with Crippen molar-refractivity contribution in [1.82, 2.24) is 10.0 Å². The lowest BCUT2D eigenvalue weighted by molar-refractivity contribution is 0.0952. The van der Waals surface area contributed by atoms with Crippen LogP contribution < -0.4 is 14.9 Å².